The molecule has 0 aliphatic heterocycles. The number of ether oxygens (including phenoxy) is 1. The van der Waals surface area contributed by atoms with Crippen LogP contribution in [0.3, 0.4) is 0 Å². The first-order valence-electron chi connectivity index (χ1n) is 6.28. The highest BCUT2D eigenvalue weighted by Crippen LogP contribution is 2.32. The largest absolute Gasteiger partial charge is 0.495 e. The summed E-state index contributed by atoms with van der Waals surface area (Å²) >= 11 is 6.09. The molecular formula is C15H13ClN4O. The maximum absolute atomic E-state index is 6.09. The highest BCUT2D eigenvalue weighted by atomic mass is 35.5. The molecule has 0 aliphatic rings. The minimum absolute atomic E-state index is 0.445. The Morgan fingerprint density at radius 3 is 2.90 bits per heavy atom. The summed E-state index contributed by atoms with van der Waals surface area (Å²) < 4.78 is 7.26. The van der Waals surface area contributed by atoms with Crippen LogP contribution >= 0.6 is 11.6 Å². The van der Waals surface area contributed by atoms with Gasteiger partial charge in [-0.1, -0.05) is 11.6 Å². The van der Waals surface area contributed by atoms with Crippen molar-refractivity contribution in [2.75, 3.05) is 12.8 Å². The number of imidazole rings is 1. The first-order chi connectivity index (χ1) is 10.2. The summed E-state index contributed by atoms with van der Waals surface area (Å²) in [5.41, 5.74) is 8.37. The predicted molar refractivity (Wildman–Crippen MR) is 82.8 cm³/mol. The second kappa shape index (κ2) is 5.46. The molecule has 1 aromatic carbocycles. The molecule has 0 amide bonds. The number of pyridine rings is 1. The third-order valence-electron chi connectivity index (χ3n) is 3.15. The maximum Gasteiger partial charge on any atom is 0.143 e. The number of halogens is 1. The zero-order valence-electron chi connectivity index (χ0n) is 11.3. The van der Waals surface area contributed by atoms with Gasteiger partial charge in [0, 0.05) is 16.8 Å². The van der Waals surface area contributed by atoms with Crippen molar-refractivity contribution >= 4 is 17.4 Å². The molecule has 2 N–H and O–H groups in total. The summed E-state index contributed by atoms with van der Waals surface area (Å²) in [6.07, 6.45) is 5.07. The average molecular weight is 301 g/mol. The number of benzene rings is 1. The molecule has 5 nitrogen and oxygen atoms in total. The number of hydrogen-bond donors (Lipinski definition) is 1. The van der Waals surface area contributed by atoms with Gasteiger partial charge in [0.15, 0.2) is 0 Å². The third-order valence-corrected chi connectivity index (χ3v) is 3.39. The van der Waals surface area contributed by atoms with E-state index in [-0.39, 0.29) is 0 Å². The maximum atomic E-state index is 6.09. The number of anilines is 1. The van der Waals surface area contributed by atoms with Crippen molar-refractivity contribution in [3.8, 4) is 22.7 Å². The van der Waals surface area contributed by atoms with E-state index in [0.717, 1.165) is 16.9 Å². The Balaban J connectivity index is 2.21. The molecule has 2 heterocycles. The smallest absolute Gasteiger partial charge is 0.143 e. The minimum Gasteiger partial charge on any atom is -0.495 e. The van der Waals surface area contributed by atoms with Crippen molar-refractivity contribution in [2.24, 2.45) is 0 Å². The van der Waals surface area contributed by atoms with Crippen LogP contribution in [0.2, 0.25) is 5.02 Å². The topological polar surface area (TPSA) is 66.0 Å². The molecule has 0 aliphatic carbocycles. The van der Waals surface area contributed by atoms with Gasteiger partial charge in [0.2, 0.25) is 0 Å². The Morgan fingerprint density at radius 2 is 2.14 bits per heavy atom. The van der Waals surface area contributed by atoms with E-state index in [0.29, 0.717) is 16.6 Å². The van der Waals surface area contributed by atoms with Crippen LogP contribution in [-0.4, -0.2) is 21.6 Å². The number of nitrogens with two attached hydrogens (primary N) is 1. The van der Waals surface area contributed by atoms with Crippen molar-refractivity contribution in [1.82, 2.24) is 14.5 Å². The number of nitrogen functional groups attached to an aromatic ring is 1. The molecule has 106 valence electrons. The Labute approximate surface area is 127 Å². The molecule has 0 spiro atoms. The molecular weight excluding hydrogens is 288 g/mol. The lowest BCUT2D eigenvalue weighted by Crippen LogP contribution is -2.01. The number of aromatic nitrogens is 3. The van der Waals surface area contributed by atoms with E-state index in [1.54, 1.807) is 31.9 Å². The number of nitrogens with zero attached hydrogens (tertiary/aromatic N) is 3. The Morgan fingerprint density at radius 1 is 1.29 bits per heavy atom. The standard InChI is InChI=1S/C15H13ClN4O/c1-21-14-5-4-10(16)7-12(14)20-9-18-8-13(20)11-3-2-6-19-15(11)17/h2-9H,1H3,(H2,17,19). The normalized spacial score (nSPS) is 10.6. The Bertz CT molecular complexity index is 785. The molecule has 3 aromatic rings. The van der Waals surface area contributed by atoms with E-state index in [1.807, 2.05) is 28.8 Å². The first kappa shape index (κ1) is 13.5. The fraction of sp³-hybridized carbons (Fsp3) is 0.0667. The van der Waals surface area contributed by atoms with E-state index in [4.69, 9.17) is 22.1 Å². The van der Waals surface area contributed by atoms with Crippen molar-refractivity contribution in [3.63, 3.8) is 0 Å². The first-order valence-corrected chi connectivity index (χ1v) is 6.65. The van der Waals surface area contributed by atoms with Gasteiger partial charge in [0.25, 0.3) is 0 Å². The number of hydrogen-bond acceptors (Lipinski definition) is 4. The van der Waals surface area contributed by atoms with Crippen molar-refractivity contribution in [3.05, 3.63) is 54.1 Å². The number of methoxy groups -OCH3 is 1. The van der Waals surface area contributed by atoms with Crippen LogP contribution in [-0.2, 0) is 0 Å². The average Bonchev–Trinajstić information content (AvgIpc) is 2.96. The van der Waals surface area contributed by atoms with Gasteiger partial charge in [-0.2, -0.15) is 0 Å². The predicted octanol–water partition coefficient (Wildman–Crippen LogP) is 3.18. The van der Waals surface area contributed by atoms with E-state index >= 15 is 0 Å². The molecule has 0 saturated heterocycles. The zero-order chi connectivity index (χ0) is 14.8. The van der Waals surface area contributed by atoms with Crippen LogP contribution in [0.25, 0.3) is 16.9 Å². The molecule has 21 heavy (non-hydrogen) atoms. The Kier molecular flexibility index (Phi) is 3.50. The second-order valence-electron chi connectivity index (χ2n) is 4.40. The van der Waals surface area contributed by atoms with Gasteiger partial charge >= 0.3 is 0 Å². The van der Waals surface area contributed by atoms with Crippen LogP contribution < -0.4 is 10.5 Å². The van der Waals surface area contributed by atoms with E-state index in [9.17, 15) is 0 Å². The van der Waals surface area contributed by atoms with E-state index < -0.39 is 0 Å². The van der Waals surface area contributed by atoms with Gasteiger partial charge in [-0.3, -0.25) is 4.57 Å². The molecule has 3 rings (SSSR count). The minimum atomic E-state index is 0.445. The SMILES string of the molecule is COc1ccc(Cl)cc1-n1cncc1-c1cccnc1N. The summed E-state index contributed by atoms with van der Waals surface area (Å²) in [5, 5.41) is 0.615. The van der Waals surface area contributed by atoms with Gasteiger partial charge in [0.1, 0.15) is 11.6 Å². The second-order valence-corrected chi connectivity index (χ2v) is 4.84. The van der Waals surface area contributed by atoms with Crippen LogP contribution in [0.15, 0.2) is 49.1 Å². The monoisotopic (exact) mass is 300 g/mol. The van der Waals surface area contributed by atoms with E-state index in [1.165, 1.54) is 0 Å². The summed E-state index contributed by atoms with van der Waals surface area (Å²) in [6, 6.07) is 9.14. The summed E-state index contributed by atoms with van der Waals surface area (Å²) in [7, 11) is 1.61. The molecule has 2 aromatic heterocycles. The molecule has 0 saturated carbocycles. The fourth-order valence-electron chi connectivity index (χ4n) is 2.17. The lowest BCUT2D eigenvalue weighted by atomic mass is 10.2. The fourth-order valence-corrected chi connectivity index (χ4v) is 2.34. The van der Waals surface area contributed by atoms with Crippen molar-refractivity contribution in [2.45, 2.75) is 0 Å². The van der Waals surface area contributed by atoms with Gasteiger partial charge in [-0.05, 0) is 30.3 Å². The molecule has 0 radical (unpaired) electrons. The molecule has 0 bridgehead atoms. The van der Waals surface area contributed by atoms with Crippen molar-refractivity contribution in [1.29, 1.82) is 0 Å². The van der Waals surface area contributed by atoms with Crippen molar-refractivity contribution < 1.29 is 4.74 Å². The summed E-state index contributed by atoms with van der Waals surface area (Å²) in [5.74, 6) is 1.14. The number of rotatable bonds is 3. The lowest BCUT2D eigenvalue weighted by Gasteiger charge is -2.13. The van der Waals surface area contributed by atoms with Crippen LogP contribution in [0, 0.1) is 0 Å². The molecule has 0 unspecified atom stereocenters. The van der Waals surface area contributed by atoms with Crippen LogP contribution in [0.4, 0.5) is 5.82 Å². The quantitative estimate of drug-likeness (QED) is 0.807. The highest BCUT2D eigenvalue weighted by molar-refractivity contribution is 6.30. The van der Waals surface area contributed by atoms with Gasteiger partial charge in [0.05, 0.1) is 31.0 Å². The zero-order valence-corrected chi connectivity index (χ0v) is 12.1. The van der Waals surface area contributed by atoms with E-state index in [2.05, 4.69) is 9.97 Å². The Hall–Kier alpha value is -2.53. The van der Waals surface area contributed by atoms with Gasteiger partial charge < -0.3 is 10.5 Å². The van der Waals surface area contributed by atoms with Gasteiger partial charge in [-0.15, -0.1) is 0 Å². The third kappa shape index (κ3) is 2.43. The molecule has 0 atom stereocenters. The van der Waals surface area contributed by atoms with Crippen LogP contribution in [0.5, 0.6) is 5.75 Å². The molecule has 0 fully saturated rings. The summed E-state index contributed by atoms with van der Waals surface area (Å²) in [6.45, 7) is 0. The highest BCUT2D eigenvalue weighted by Gasteiger charge is 2.13. The lowest BCUT2D eigenvalue weighted by molar-refractivity contribution is 0.413. The van der Waals surface area contributed by atoms with Gasteiger partial charge in [-0.25, -0.2) is 9.97 Å². The summed E-state index contributed by atoms with van der Waals surface area (Å²) in [4.78, 5) is 8.31. The molecule has 6 heteroatoms. The van der Waals surface area contributed by atoms with Crippen LogP contribution in [0.1, 0.15) is 0 Å².